The van der Waals surface area contributed by atoms with Crippen LogP contribution in [-0.4, -0.2) is 66.6 Å². The van der Waals surface area contributed by atoms with E-state index in [1.807, 2.05) is 0 Å². The van der Waals surface area contributed by atoms with Gasteiger partial charge in [-0.2, -0.15) is 0 Å². The molecule has 0 unspecified atom stereocenters. The van der Waals surface area contributed by atoms with Crippen molar-refractivity contribution in [1.29, 1.82) is 0 Å². The van der Waals surface area contributed by atoms with Crippen molar-refractivity contribution in [3.8, 4) is 11.5 Å². The molecule has 7 aromatic rings. The Balaban J connectivity index is 1.35. The summed E-state index contributed by atoms with van der Waals surface area (Å²) in [6.07, 6.45) is 0.545. The molecule has 5 aromatic carbocycles. The van der Waals surface area contributed by atoms with Gasteiger partial charge in [-0.3, -0.25) is 9.47 Å². The van der Waals surface area contributed by atoms with E-state index in [0.717, 1.165) is 34.8 Å². The summed E-state index contributed by atoms with van der Waals surface area (Å²) in [5.41, 5.74) is 14.3. The maximum absolute atomic E-state index is 7.72. The van der Waals surface area contributed by atoms with Crippen LogP contribution < -0.4 is 16.1 Å². The van der Waals surface area contributed by atoms with Gasteiger partial charge >= 0.3 is 0 Å². The fraction of sp³-hybridized carbons (Fsp3) is 0.302. The molecule has 0 radical (unpaired) electrons. The highest BCUT2D eigenvalue weighted by Crippen LogP contribution is 2.46. The van der Waals surface area contributed by atoms with E-state index < -0.39 is 34.3 Å². The number of aromatic nitrogens is 4. The Hall–Kier alpha value is -5.68. The minimum Gasteiger partial charge on any atom is -0.405 e. The van der Waals surface area contributed by atoms with Crippen LogP contribution >= 0.6 is 0 Å². The highest BCUT2D eigenvalue weighted by molar-refractivity contribution is 6.99. The quantitative estimate of drug-likeness (QED) is 0.0702. The topological polar surface area (TPSA) is 91.3 Å². The van der Waals surface area contributed by atoms with Crippen molar-refractivity contribution in [3.05, 3.63) is 181 Å². The van der Waals surface area contributed by atoms with Crippen LogP contribution in [0.3, 0.4) is 0 Å². The summed E-state index contributed by atoms with van der Waals surface area (Å²) >= 11 is 0. The van der Waals surface area contributed by atoms with Crippen molar-refractivity contribution < 1.29 is 9.16 Å². The third-order valence-corrected chi connectivity index (χ3v) is 23.1. The lowest BCUT2D eigenvalue weighted by molar-refractivity contribution is -0.146. The average molecular weight is 869 g/mol. The molecule has 8 rings (SSSR count). The molecule has 3 heterocycles. The van der Waals surface area contributed by atoms with Crippen LogP contribution in [0.25, 0.3) is 11.2 Å². The smallest absolute Gasteiger partial charge is 0.261 e. The minimum absolute atomic E-state index is 0.225. The average Bonchev–Trinajstić information content (AvgIpc) is 3.71. The van der Waals surface area contributed by atoms with Crippen LogP contribution in [0.1, 0.15) is 70.3 Å². The molecule has 2 atom stereocenters. The van der Waals surface area contributed by atoms with Crippen molar-refractivity contribution in [2.45, 2.75) is 82.6 Å². The summed E-state index contributed by atoms with van der Waals surface area (Å²) in [6, 6.07) is 57.5. The van der Waals surface area contributed by atoms with Gasteiger partial charge in [0.2, 0.25) is 0 Å². The maximum Gasteiger partial charge on any atom is 0.261 e. The number of nitrogens with zero attached hydrogens (tertiary/aromatic N) is 5. The molecule has 0 bridgehead atoms. The molecule has 0 amide bonds. The number of anilines is 1. The Morgan fingerprint density at radius 2 is 1.16 bits per heavy atom. The van der Waals surface area contributed by atoms with Gasteiger partial charge in [-0.15, -0.1) is 5.54 Å². The Morgan fingerprint density at radius 3 is 1.62 bits per heavy atom. The van der Waals surface area contributed by atoms with Crippen LogP contribution in [0.4, 0.5) is 5.82 Å². The molecule has 1 saturated heterocycles. The largest absolute Gasteiger partial charge is 0.405 e. The lowest BCUT2D eigenvalue weighted by atomic mass is 9.75. The van der Waals surface area contributed by atoms with Gasteiger partial charge in [0.1, 0.15) is 14.4 Å². The molecular weight excluding hydrogens is 809 g/mol. The summed E-state index contributed by atoms with van der Waals surface area (Å²) in [6.45, 7) is 15.2. The lowest BCUT2D eigenvalue weighted by Crippen LogP contribution is -2.67. The van der Waals surface area contributed by atoms with Gasteiger partial charge in [0.05, 0.1) is 18.2 Å². The third kappa shape index (κ3) is 8.21. The van der Waals surface area contributed by atoms with Gasteiger partial charge in [-0.1, -0.05) is 193 Å². The second-order valence-corrected chi connectivity index (χ2v) is 27.0. The fourth-order valence-electron chi connectivity index (χ4n) is 9.88. The first-order valence-electron chi connectivity index (χ1n) is 22.4. The number of hydrogen-bond donors (Lipinski definition) is 1. The van der Waals surface area contributed by atoms with Gasteiger partial charge in [0.15, 0.2) is 29.0 Å². The summed E-state index contributed by atoms with van der Waals surface area (Å²) in [4.78, 5) is 16.9. The molecule has 0 saturated carbocycles. The molecule has 322 valence electrons. The second-order valence-electron chi connectivity index (χ2n) is 17.7. The molecule has 2 N–H and O–H groups in total. The number of fused-ring (bicyclic) bond motifs is 1. The zero-order valence-corrected chi connectivity index (χ0v) is 39.5. The highest BCUT2D eigenvalue weighted by atomic mass is 28.4. The van der Waals surface area contributed by atoms with E-state index in [1.54, 1.807) is 0 Å². The van der Waals surface area contributed by atoms with Crippen LogP contribution in [-0.2, 0) is 14.7 Å². The molecule has 2 aromatic heterocycles. The van der Waals surface area contributed by atoms with E-state index in [2.05, 4.69) is 219 Å². The number of nitrogens with two attached hydrogens (primary N) is 1. The number of ether oxygens (including phenoxy) is 1. The predicted octanol–water partition coefficient (Wildman–Crippen LogP) is 9.58. The van der Waals surface area contributed by atoms with Crippen molar-refractivity contribution in [1.82, 2.24) is 24.4 Å². The van der Waals surface area contributed by atoms with E-state index in [9.17, 15) is 0 Å². The first kappa shape index (κ1) is 44.0. The van der Waals surface area contributed by atoms with Crippen molar-refractivity contribution in [3.63, 3.8) is 0 Å². The van der Waals surface area contributed by atoms with Crippen LogP contribution in [0, 0.1) is 11.5 Å². The Labute approximate surface area is 375 Å². The first-order valence-corrected chi connectivity index (χ1v) is 27.0. The highest BCUT2D eigenvalue weighted by Gasteiger charge is 2.52. The Morgan fingerprint density at radius 1 is 0.683 bits per heavy atom. The van der Waals surface area contributed by atoms with E-state index in [-0.39, 0.29) is 5.04 Å². The van der Waals surface area contributed by atoms with Crippen LogP contribution in [0.2, 0.25) is 23.2 Å². The number of rotatable bonds is 13. The van der Waals surface area contributed by atoms with Crippen LogP contribution in [0.15, 0.2) is 158 Å². The monoisotopic (exact) mass is 868 g/mol. The van der Waals surface area contributed by atoms with Crippen molar-refractivity contribution in [2.24, 2.45) is 0 Å². The van der Waals surface area contributed by atoms with E-state index in [4.69, 9.17) is 24.9 Å². The molecule has 10 heteroatoms. The molecule has 1 aliphatic heterocycles. The van der Waals surface area contributed by atoms with E-state index in [0.29, 0.717) is 42.5 Å². The van der Waals surface area contributed by atoms with Gasteiger partial charge in [-0.25, -0.2) is 15.0 Å². The molecule has 0 spiro atoms. The normalized spacial score (nSPS) is 16.4. The van der Waals surface area contributed by atoms with Crippen molar-refractivity contribution >= 4 is 43.7 Å². The molecular formula is C53H60N6O2Si2. The molecule has 1 fully saturated rings. The zero-order valence-electron chi connectivity index (χ0n) is 37.5. The summed E-state index contributed by atoms with van der Waals surface area (Å²) in [7, 11) is -4.85. The first-order chi connectivity index (χ1) is 30.6. The second kappa shape index (κ2) is 18.6. The van der Waals surface area contributed by atoms with E-state index >= 15 is 0 Å². The Bertz CT molecular complexity index is 2500. The molecule has 63 heavy (non-hydrogen) atoms. The number of morpholine rings is 1. The summed E-state index contributed by atoms with van der Waals surface area (Å²) < 4.78 is 17.3. The third-order valence-electron chi connectivity index (χ3n) is 13.4. The van der Waals surface area contributed by atoms with Crippen molar-refractivity contribution in [2.75, 3.05) is 25.4 Å². The standard InChI is InChI=1S/C53H60N6O2Si2/c1-7-62(8-2,9-3)36-35-47-57-49-50(54)55-40-56-51(49)59(47)48-38-58(53(41-25-15-10-16-26-41,42-27-17-11-18-28-42)43-29-19-12-20-30-43)37-44(61-48)39-60-63(52(4,5)6,45-31-21-13-22-32-45)46-33-23-14-24-34-46/h10-34,40,44,48H,7-9,37-39H2,1-6H3,(H2,54,55,56)/t44-,48+/m0/s1. The number of benzene rings is 5. The lowest BCUT2D eigenvalue weighted by Gasteiger charge is -2.51. The Kier molecular flexibility index (Phi) is 13.0. The molecule has 0 aliphatic carbocycles. The van der Waals surface area contributed by atoms with Crippen LogP contribution in [0.5, 0.6) is 0 Å². The maximum atomic E-state index is 7.72. The van der Waals surface area contributed by atoms with Gasteiger partial charge in [0.25, 0.3) is 8.32 Å². The number of hydrogen-bond acceptors (Lipinski definition) is 7. The van der Waals surface area contributed by atoms with Gasteiger partial charge < -0.3 is 14.9 Å². The summed E-state index contributed by atoms with van der Waals surface area (Å²) in [5, 5.41) is 2.22. The molecule has 1 aliphatic rings. The predicted molar refractivity (Wildman–Crippen MR) is 262 cm³/mol. The SMILES string of the molecule is CC[Si](C#Cc1nc2c(N)ncnc2n1[C@H]1CN(C(c2ccccc2)(c2ccccc2)c2ccccc2)C[C@@H](CO[Si](c2ccccc2)(c2ccccc2)C(C)(C)C)O1)(CC)CC. The number of nitrogen functional groups attached to an aromatic ring is 1. The van der Waals surface area contributed by atoms with Gasteiger partial charge in [-0.05, 0) is 56.2 Å². The number of imidazole rings is 1. The zero-order chi connectivity index (χ0) is 44.1. The van der Waals surface area contributed by atoms with Gasteiger partial charge in [0, 0.05) is 13.1 Å². The molecule has 8 nitrogen and oxygen atoms in total. The summed E-state index contributed by atoms with van der Waals surface area (Å²) in [5.74, 6) is 4.53. The minimum atomic E-state index is -2.96. The fourth-order valence-corrected chi connectivity index (χ4v) is 16.9. The van der Waals surface area contributed by atoms with E-state index in [1.165, 1.54) is 16.7 Å².